The van der Waals surface area contributed by atoms with Crippen LogP contribution in [0.5, 0.6) is 0 Å². The Bertz CT molecular complexity index is 655. The van der Waals surface area contributed by atoms with Crippen LogP contribution in [-0.4, -0.2) is 4.98 Å². The van der Waals surface area contributed by atoms with Gasteiger partial charge in [0.1, 0.15) is 11.3 Å². The summed E-state index contributed by atoms with van der Waals surface area (Å²) in [5.74, 6) is 0.961. The van der Waals surface area contributed by atoms with Crippen molar-refractivity contribution in [2.75, 3.05) is 0 Å². The van der Waals surface area contributed by atoms with Gasteiger partial charge in [-0.2, -0.15) is 0 Å². The highest BCUT2D eigenvalue weighted by Gasteiger charge is 2.03. The highest BCUT2D eigenvalue weighted by molar-refractivity contribution is 5.77. The van der Waals surface area contributed by atoms with Crippen molar-refractivity contribution in [1.29, 1.82) is 0 Å². The SMILES string of the molecule is Cc1ccncc1CNCc1cc2ccccc2o1. The summed E-state index contributed by atoms with van der Waals surface area (Å²) in [7, 11) is 0. The molecular weight excluding hydrogens is 236 g/mol. The van der Waals surface area contributed by atoms with E-state index in [9.17, 15) is 0 Å². The molecule has 0 radical (unpaired) electrons. The number of pyridine rings is 1. The summed E-state index contributed by atoms with van der Waals surface area (Å²) in [5.41, 5.74) is 3.42. The zero-order chi connectivity index (χ0) is 13.1. The number of hydrogen-bond acceptors (Lipinski definition) is 3. The maximum Gasteiger partial charge on any atom is 0.134 e. The van der Waals surface area contributed by atoms with Crippen molar-refractivity contribution >= 4 is 11.0 Å². The number of nitrogens with one attached hydrogen (secondary N) is 1. The van der Waals surface area contributed by atoms with Gasteiger partial charge in [-0.05, 0) is 36.2 Å². The molecule has 0 saturated carbocycles. The van der Waals surface area contributed by atoms with Gasteiger partial charge in [0.2, 0.25) is 0 Å². The van der Waals surface area contributed by atoms with Gasteiger partial charge in [-0.25, -0.2) is 0 Å². The number of hydrogen-bond donors (Lipinski definition) is 1. The van der Waals surface area contributed by atoms with E-state index in [1.807, 2.05) is 36.7 Å². The monoisotopic (exact) mass is 252 g/mol. The van der Waals surface area contributed by atoms with Crippen LogP contribution in [-0.2, 0) is 13.1 Å². The van der Waals surface area contributed by atoms with Crippen LogP contribution in [0.1, 0.15) is 16.9 Å². The van der Waals surface area contributed by atoms with E-state index >= 15 is 0 Å². The van der Waals surface area contributed by atoms with Gasteiger partial charge in [-0.1, -0.05) is 18.2 Å². The second-order valence-corrected chi connectivity index (χ2v) is 4.66. The number of rotatable bonds is 4. The Morgan fingerprint density at radius 3 is 2.89 bits per heavy atom. The molecule has 1 aromatic carbocycles. The van der Waals surface area contributed by atoms with Crippen LogP contribution in [0.2, 0.25) is 0 Å². The first-order valence-corrected chi connectivity index (χ1v) is 6.40. The van der Waals surface area contributed by atoms with Crippen molar-refractivity contribution in [3.05, 3.63) is 65.7 Å². The van der Waals surface area contributed by atoms with Gasteiger partial charge in [0, 0.05) is 24.3 Å². The number of furan rings is 1. The molecule has 19 heavy (non-hydrogen) atoms. The Kier molecular flexibility index (Phi) is 3.29. The molecule has 3 nitrogen and oxygen atoms in total. The van der Waals surface area contributed by atoms with E-state index in [4.69, 9.17) is 4.42 Å². The molecule has 0 aliphatic heterocycles. The lowest BCUT2D eigenvalue weighted by atomic mass is 10.1. The average Bonchev–Trinajstić information content (AvgIpc) is 2.83. The molecule has 0 fully saturated rings. The Morgan fingerprint density at radius 1 is 1.16 bits per heavy atom. The molecular formula is C16H16N2O. The van der Waals surface area contributed by atoms with Crippen LogP contribution in [0.25, 0.3) is 11.0 Å². The minimum atomic E-state index is 0.725. The second-order valence-electron chi connectivity index (χ2n) is 4.66. The van der Waals surface area contributed by atoms with Crippen molar-refractivity contribution in [3.8, 4) is 0 Å². The number of aromatic nitrogens is 1. The summed E-state index contributed by atoms with van der Waals surface area (Å²) in [6.45, 7) is 3.62. The Balaban J connectivity index is 1.65. The zero-order valence-electron chi connectivity index (χ0n) is 10.9. The maximum absolute atomic E-state index is 5.76. The van der Waals surface area contributed by atoms with Crippen LogP contribution < -0.4 is 5.32 Å². The standard InChI is InChI=1S/C16H16N2O/c1-12-6-7-17-9-14(12)10-18-11-15-8-13-4-2-3-5-16(13)19-15/h2-9,18H,10-11H2,1H3. The van der Waals surface area contributed by atoms with Crippen molar-refractivity contribution < 1.29 is 4.42 Å². The number of aryl methyl sites for hydroxylation is 1. The molecule has 0 atom stereocenters. The summed E-state index contributed by atoms with van der Waals surface area (Å²) in [5, 5.41) is 4.54. The van der Waals surface area contributed by atoms with E-state index in [0.717, 1.165) is 29.8 Å². The molecule has 0 spiro atoms. The number of fused-ring (bicyclic) bond motifs is 1. The minimum absolute atomic E-state index is 0.725. The molecule has 3 aromatic rings. The Labute approximate surface area is 112 Å². The van der Waals surface area contributed by atoms with E-state index in [1.54, 1.807) is 0 Å². The fourth-order valence-corrected chi connectivity index (χ4v) is 2.13. The summed E-state index contributed by atoms with van der Waals surface area (Å²) in [4.78, 5) is 4.14. The smallest absolute Gasteiger partial charge is 0.134 e. The fraction of sp³-hybridized carbons (Fsp3) is 0.188. The Hall–Kier alpha value is -2.13. The first-order chi connectivity index (χ1) is 9.33. The Morgan fingerprint density at radius 2 is 2.05 bits per heavy atom. The summed E-state index contributed by atoms with van der Waals surface area (Å²) in [6.07, 6.45) is 3.72. The van der Waals surface area contributed by atoms with E-state index < -0.39 is 0 Å². The third kappa shape index (κ3) is 2.66. The summed E-state index contributed by atoms with van der Waals surface area (Å²) in [6, 6.07) is 12.2. The molecule has 3 rings (SSSR count). The van der Waals surface area contributed by atoms with Crippen molar-refractivity contribution in [1.82, 2.24) is 10.3 Å². The predicted molar refractivity (Wildman–Crippen MR) is 75.7 cm³/mol. The van der Waals surface area contributed by atoms with Crippen LogP contribution in [0.3, 0.4) is 0 Å². The van der Waals surface area contributed by atoms with Crippen LogP contribution in [0, 0.1) is 6.92 Å². The lowest BCUT2D eigenvalue weighted by Gasteiger charge is -2.05. The lowest BCUT2D eigenvalue weighted by Crippen LogP contribution is -2.13. The third-order valence-corrected chi connectivity index (χ3v) is 3.24. The number of para-hydroxylation sites is 1. The van der Waals surface area contributed by atoms with Gasteiger partial charge < -0.3 is 9.73 Å². The average molecular weight is 252 g/mol. The van der Waals surface area contributed by atoms with Crippen molar-refractivity contribution in [2.45, 2.75) is 20.0 Å². The van der Waals surface area contributed by atoms with Crippen molar-refractivity contribution in [3.63, 3.8) is 0 Å². The quantitative estimate of drug-likeness (QED) is 0.773. The summed E-state index contributed by atoms with van der Waals surface area (Å²) < 4.78 is 5.76. The normalized spacial score (nSPS) is 11.0. The third-order valence-electron chi connectivity index (χ3n) is 3.24. The topological polar surface area (TPSA) is 38.1 Å². The molecule has 0 bridgehead atoms. The van der Waals surface area contributed by atoms with Gasteiger partial charge in [0.15, 0.2) is 0 Å². The molecule has 0 amide bonds. The number of nitrogens with zero attached hydrogens (tertiary/aromatic N) is 1. The molecule has 1 N–H and O–H groups in total. The second kappa shape index (κ2) is 5.24. The highest BCUT2D eigenvalue weighted by Crippen LogP contribution is 2.18. The molecule has 2 heterocycles. The van der Waals surface area contributed by atoms with Gasteiger partial charge in [-0.15, -0.1) is 0 Å². The van der Waals surface area contributed by atoms with Crippen LogP contribution in [0.4, 0.5) is 0 Å². The van der Waals surface area contributed by atoms with Crippen LogP contribution >= 0.6 is 0 Å². The maximum atomic E-state index is 5.76. The van der Waals surface area contributed by atoms with E-state index in [2.05, 4.69) is 29.4 Å². The summed E-state index contributed by atoms with van der Waals surface area (Å²) >= 11 is 0. The van der Waals surface area contributed by atoms with Crippen molar-refractivity contribution in [2.24, 2.45) is 0 Å². The molecule has 0 saturated heterocycles. The lowest BCUT2D eigenvalue weighted by molar-refractivity contribution is 0.513. The predicted octanol–water partition coefficient (Wildman–Crippen LogP) is 3.43. The van der Waals surface area contributed by atoms with E-state index in [0.29, 0.717) is 0 Å². The van der Waals surface area contributed by atoms with Gasteiger partial charge in [0.05, 0.1) is 6.54 Å². The van der Waals surface area contributed by atoms with Crippen LogP contribution in [0.15, 0.2) is 53.2 Å². The first kappa shape index (κ1) is 11.9. The molecule has 0 aliphatic carbocycles. The number of benzene rings is 1. The van der Waals surface area contributed by atoms with Gasteiger partial charge >= 0.3 is 0 Å². The van der Waals surface area contributed by atoms with Gasteiger partial charge in [-0.3, -0.25) is 4.98 Å². The molecule has 2 aromatic heterocycles. The first-order valence-electron chi connectivity index (χ1n) is 6.40. The van der Waals surface area contributed by atoms with E-state index in [1.165, 1.54) is 11.1 Å². The zero-order valence-corrected chi connectivity index (χ0v) is 10.9. The fourth-order valence-electron chi connectivity index (χ4n) is 2.13. The minimum Gasteiger partial charge on any atom is -0.460 e. The largest absolute Gasteiger partial charge is 0.460 e. The molecule has 96 valence electrons. The highest BCUT2D eigenvalue weighted by atomic mass is 16.3. The molecule has 0 aliphatic rings. The van der Waals surface area contributed by atoms with E-state index in [-0.39, 0.29) is 0 Å². The molecule has 3 heteroatoms. The van der Waals surface area contributed by atoms with Gasteiger partial charge in [0.25, 0.3) is 0 Å². The molecule has 0 unspecified atom stereocenters.